The van der Waals surface area contributed by atoms with Gasteiger partial charge >= 0.3 is 0 Å². The number of aromatic nitrogens is 3. The van der Waals surface area contributed by atoms with Gasteiger partial charge in [-0.25, -0.2) is 0 Å². The third kappa shape index (κ3) is 4.72. The van der Waals surface area contributed by atoms with Crippen LogP contribution in [0, 0.1) is 6.92 Å². The molecule has 0 unspecified atom stereocenters. The Labute approximate surface area is 138 Å². The zero-order chi connectivity index (χ0) is 15.9. The van der Waals surface area contributed by atoms with E-state index in [-0.39, 0.29) is 11.7 Å². The zero-order valence-electron chi connectivity index (χ0n) is 12.4. The van der Waals surface area contributed by atoms with Gasteiger partial charge in [0.05, 0.1) is 12.4 Å². The number of nitrogens with zero attached hydrogens (tertiary/aromatic N) is 3. The van der Waals surface area contributed by atoms with Crippen LogP contribution >= 0.6 is 23.4 Å². The summed E-state index contributed by atoms with van der Waals surface area (Å²) < 4.78 is 6.87. The number of methoxy groups -OCH3 is 1. The Bertz CT molecular complexity index is 648. The monoisotopic (exact) mass is 340 g/mol. The number of halogens is 1. The Morgan fingerprint density at radius 2 is 2.32 bits per heavy atom. The van der Waals surface area contributed by atoms with Crippen LogP contribution in [0.3, 0.4) is 0 Å². The van der Waals surface area contributed by atoms with Crippen molar-refractivity contribution < 1.29 is 9.53 Å². The number of carbonyl (C=O) groups excluding carboxylic acids is 1. The highest BCUT2D eigenvalue weighted by Crippen LogP contribution is 2.21. The van der Waals surface area contributed by atoms with Gasteiger partial charge in [0.1, 0.15) is 6.33 Å². The number of benzene rings is 1. The number of hydrogen-bond donors (Lipinski definition) is 1. The van der Waals surface area contributed by atoms with Gasteiger partial charge in [0.15, 0.2) is 5.16 Å². The number of hydrogen-bond acceptors (Lipinski definition) is 5. The van der Waals surface area contributed by atoms with E-state index in [2.05, 4.69) is 15.5 Å². The van der Waals surface area contributed by atoms with Crippen LogP contribution in [0.2, 0.25) is 5.02 Å². The molecule has 1 aromatic carbocycles. The summed E-state index contributed by atoms with van der Waals surface area (Å²) in [5, 5.41) is 12.0. The van der Waals surface area contributed by atoms with Crippen molar-refractivity contribution in [1.82, 2.24) is 14.8 Å². The van der Waals surface area contributed by atoms with Crippen molar-refractivity contribution in [2.75, 3.05) is 24.8 Å². The highest BCUT2D eigenvalue weighted by atomic mass is 35.5. The molecule has 0 saturated carbocycles. The zero-order valence-corrected chi connectivity index (χ0v) is 13.9. The molecule has 22 heavy (non-hydrogen) atoms. The fraction of sp³-hybridized carbons (Fsp3) is 0.357. The molecule has 8 heteroatoms. The molecule has 1 amide bonds. The van der Waals surface area contributed by atoms with Crippen molar-refractivity contribution in [3.05, 3.63) is 35.1 Å². The first-order chi connectivity index (χ1) is 10.6. The Kier molecular flexibility index (Phi) is 6.23. The summed E-state index contributed by atoms with van der Waals surface area (Å²) in [6, 6.07) is 5.43. The first kappa shape index (κ1) is 16.8. The lowest BCUT2D eigenvalue weighted by atomic mass is 10.2. The Hall–Kier alpha value is -1.57. The van der Waals surface area contributed by atoms with Gasteiger partial charge in [-0.1, -0.05) is 29.4 Å². The number of carbonyl (C=O) groups is 1. The largest absolute Gasteiger partial charge is 0.383 e. The van der Waals surface area contributed by atoms with E-state index >= 15 is 0 Å². The molecular formula is C14H17ClN4O2S. The second-order valence-electron chi connectivity index (χ2n) is 4.60. The summed E-state index contributed by atoms with van der Waals surface area (Å²) >= 11 is 7.36. The SMILES string of the molecule is COCCn1cnnc1SCC(=O)Nc1ccc(C)c(Cl)c1. The minimum absolute atomic E-state index is 0.119. The van der Waals surface area contributed by atoms with Crippen molar-refractivity contribution in [3.63, 3.8) is 0 Å². The van der Waals surface area contributed by atoms with E-state index in [4.69, 9.17) is 16.3 Å². The molecular weight excluding hydrogens is 324 g/mol. The van der Waals surface area contributed by atoms with Crippen LogP contribution in [0.1, 0.15) is 5.56 Å². The van der Waals surface area contributed by atoms with E-state index in [9.17, 15) is 4.79 Å². The maximum absolute atomic E-state index is 12.0. The standard InChI is InChI=1S/C14H17ClN4O2S/c1-10-3-4-11(7-12(10)15)17-13(20)8-22-14-18-16-9-19(14)5-6-21-2/h3-4,7,9H,5-6,8H2,1-2H3,(H,17,20). The minimum atomic E-state index is -0.119. The van der Waals surface area contributed by atoms with E-state index in [1.165, 1.54) is 11.8 Å². The molecule has 0 saturated heterocycles. The normalized spacial score (nSPS) is 10.7. The summed E-state index contributed by atoms with van der Waals surface area (Å²) in [7, 11) is 1.64. The summed E-state index contributed by atoms with van der Waals surface area (Å²) in [5.41, 5.74) is 1.65. The van der Waals surface area contributed by atoms with E-state index in [0.29, 0.717) is 29.0 Å². The van der Waals surface area contributed by atoms with E-state index in [1.54, 1.807) is 19.5 Å². The maximum Gasteiger partial charge on any atom is 0.234 e. The van der Waals surface area contributed by atoms with Crippen molar-refractivity contribution in [1.29, 1.82) is 0 Å². The van der Waals surface area contributed by atoms with E-state index < -0.39 is 0 Å². The highest BCUT2D eigenvalue weighted by Gasteiger charge is 2.09. The number of rotatable bonds is 7. The highest BCUT2D eigenvalue weighted by molar-refractivity contribution is 7.99. The molecule has 0 spiro atoms. The summed E-state index contributed by atoms with van der Waals surface area (Å²) in [6.45, 7) is 3.14. The van der Waals surface area contributed by atoms with Gasteiger partial charge in [-0.2, -0.15) is 0 Å². The molecule has 1 heterocycles. The summed E-state index contributed by atoms with van der Waals surface area (Å²) in [5.74, 6) is 0.128. The molecule has 0 bridgehead atoms. The van der Waals surface area contributed by atoms with Crippen molar-refractivity contribution in [3.8, 4) is 0 Å². The smallest absolute Gasteiger partial charge is 0.234 e. The summed E-state index contributed by atoms with van der Waals surface area (Å²) in [4.78, 5) is 12.0. The molecule has 6 nitrogen and oxygen atoms in total. The first-order valence-corrected chi connectivity index (χ1v) is 8.02. The Balaban J connectivity index is 1.87. The van der Waals surface area contributed by atoms with E-state index in [0.717, 1.165) is 5.56 Å². The van der Waals surface area contributed by atoms with Crippen LogP contribution in [0.4, 0.5) is 5.69 Å². The van der Waals surface area contributed by atoms with Crippen molar-refractivity contribution in [2.45, 2.75) is 18.6 Å². The predicted octanol–water partition coefficient (Wildman–Crippen LogP) is 2.62. The molecule has 2 rings (SSSR count). The van der Waals surface area contributed by atoms with Crippen LogP contribution < -0.4 is 5.32 Å². The van der Waals surface area contributed by atoms with Crippen LogP contribution in [0.15, 0.2) is 29.7 Å². The average Bonchev–Trinajstić information content (AvgIpc) is 2.94. The van der Waals surface area contributed by atoms with Crippen molar-refractivity contribution in [2.24, 2.45) is 0 Å². The van der Waals surface area contributed by atoms with Crippen LogP contribution in [0.5, 0.6) is 0 Å². The number of amides is 1. The lowest BCUT2D eigenvalue weighted by molar-refractivity contribution is -0.113. The number of anilines is 1. The lowest BCUT2D eigenvalue weighted by Crippen LogP contribution is -2.15. The van der Waals surface area contributed by atoms with Crippen LogP contribution in [-0.4, -0.2) is 40.1 Å². The molecule has 0 radical (unpaired) electrons. The Morgan fingerprint density at radius 1 is 1.50 bits per heavy atom. The average molecular weight is 341 g/mol. The molecule has 0 atom stereocenters. The molecule has 118 valence electrons. The molecule has 2 aromatic rings. The first-order valence-electron chi connectivity index (χ1n) is 6.65. The quantitative estimate of drug-likeness (QED) is 0.785. The third-order valence-electron chi connectivity index (χ3n) is 2.90. The number of ether oxygens (including phenoxy) is 1. The number of aryl methyl sites for hydroxylation is 1. The van der Waals surface area contributed by atoms with Gasteiger partial charge in [-0.15, -0.1) is 10.2 Å². The van der Waals surface area contributed by atoms with Gasteiger partial charge < -0.3 is 14.6 Å². The van der Waals surface area contributed by atoms with Crippen molar-refractivity contribution >= 4 is 35.0 Å². The van der Waals surface area contributed by atoms with E-state index in [1.807, 2.05) is 23.6 Å². The maximum atomic E-state index is 12.0. The van der Waals surface area contributed by atoms with Gasteiger partial charge in [-0.05, 0) is 24.6 Å². The third-order valence-corrected chi connectivity index (χ3v) is 4.29. The lowest BCUT2D eigenvalue weighted by Gasteiger charge is -2.07. The van der Waals surface area contributed by atoms with Gasteiger partial charge in [0.25, 0.3) is 0 Å². The minimum Gasteiger partial charge on any atom is -0.383 e. The van der Waals surface area contributed by atoms with Gasteiger partial charge in [-0.3, -0.25) is 4.79 Å². The van der Waals surface area contributed by atoms with Gasteiger partial charge in [0, 0.05) is 24.4 Å². The second-order valence-corrected chi connectivity index (χ2v) is 5.95. The molecule has 1 aromatic heterocycles. The predicted molar refractivity (Wildman–Crippen MR) is 87.4 cm³/mol. The summed E-state index contributed by atoms with van der Waals surface area (Å²) in [6.07, 6.45) is 1.62. The fourth-order valence-corrected chi connectivity index (χ4v) is 2.62. The molecule has 0 aliphatic heterocycles. The number of thioether (sulfide) groups is 1. The molecule has 1 N–H and O–H groups in total. The molecule has 0 aliphatic carbocycles. The fourth-order valence-electron chi connectivity index (χ4n) is 1.70. The van der Waals surface area contributed by atoms with Gasteiger partial charge in [0.2, 0.25) is 5.91 Å². The molecule has 0 fully saturated rings. The Morgan fingerprint density at radius 3 is 3.05 bits per heavy atom. The number of nitrogens with one attached hydrogen (secondary N) is 1. The van der Waals surface area contributed by atoms with Crippen LogP contribution in [-0.2, 0) is 16.1 Å². The molecule has 0 aliphatic rings. The second kappa shape index (κ2) is 8.17. The topological polar surface area (TPSA) is 69.0 Å². The van der Waals surface area contributed by atoms with Crippen LogP contribution in [0.25, 0.3) is 0 Å².